The molecule has 1 amide bonds. The van der Waals surface area contributed by atoms with E-state index in [9.17, 15) is 4.79 Å². The number of carbonyl (C=O) groups is 1. The van der Waals surface area contributed by atoms with Gasteiger partial charge in [-0.3, -0.25) is 4.79 Å². The molecule has 29 heavy (non-hydrogen) atoms. The minimum Gasteiger partial charge on any atom is -0.490 e. The van der Waals surface area contributed by atoms with Gasteiger partial charge in [-0.25, -0.2) is 0 Å². The normalized spacial score (nSPS) is 10.9. The number of carbonyl (C=O) groups excluding carboxylic acids is 1. The van der Waals surface area contributed by atoms with Gasteiger partial charge >= 0.3 is 0 Å². The Bertz CT molecular complexity index is 846. The van der Waals surface area contributed by atoms with Gasteiger partial charge in [0.05, 0.1) is 6.07 Å². The molecule has 0 fully saturated rings. The molecule has 0 radical (unpaired) electrons. The van der Waals surface area contributed by atoms with Crippen molar-refractivity contribution in [1.29, 1.82) is 5.26 Å². The molecule has 0 heterocycles. The molecule has 0 saturated carbocycles. The van der Waals surface area contributed by atoms with E-state index in [0.717, 1.165) is 17.1 Å². The second kappa shape index (κ2) is 10.5. The summed E-state index contributed by atoms with van der Waals surface area (Å²) in [5, 5.41) is 11.2. The molecule has 0 aliphatic carbocycles. The van der Waals surface area contributed by atoms with Gasteiger partial charge in [0.2, 0.25) is 5.91 Å². The maximum atomic E-state index is 11.3. The summed E-state index contributed by atoms with van der Waals surface area (Å²) >= 11 is 0. The summed E-state index contributed by atoms with van der Waals surface area (Å²) in [6, 6.07) is 15.9. The van der Waals surface area contributed by atoms with Gasteiger partial charge in [-0.15, -0.1) is 0 Å². The van der Waals surface area contributed by atoms with Crippen LogP contribution in [0.1, 0.15) is 43.9 Å². The Morgan fingerprint density at radius 1 is 1.07 bits per heavy atom. The molecule has 5 heteroatoms. The van der Waals surface area contributed by atoms with Crippen LogP contribution in [0, 0.1) is 18.3 Å². The Kier molecular flexibility index (Phi) is 8.09. The van der Waals surface area contributed by atoms with Crippen LogP contribution in [0.5, 0.6) is 11.5 Å². The van der Waals surface area contributed by atoms with Gasteiger partial charge in [-0.1, -0.05) is 50.6 Å². The van der Waals surface area contributed by atoms with Crippen molar-refractivity contribution >= 4 is 5.91 Å². The highest BCUT2D eigenvalue weighted by Crippen LogP contribution is 2.32. The number of aryl methyl sites for hydroxylation is 1. The number of rotatable bonds is 9. The van der Waals surface area contributed by atoms with Crippen molar-refractivity contribution in [3.63, 3.8) is 0 Å². The fourth-order valence-corrected chi connectivity index (χ4v) is 2.90. The van der Waals surface area contributed by atoms with Crippen molar-refractivity contribution in [1.82, 2.24) is 5.32 Å². The zero-order valence-corrected chi connectivity index (χ0v) is 17.7. The second-order valence-corrected chi connectivity index (χ2v) is 8.03. The summed E-state index contributed by atoms with van der Waals surface area (Å²) in [4.78, 5) is 11.3. The molecule has 0 aliphatic heterocycles. The first kappa shape index (κ1) is 22.3. The number of amides is 1. The average molecular weight is 395 g/mol. The van der Waals surface area contributed by atoms with Crippen molar-refractivity contribution in [2.75, 3.05) is 19.8 Å². The van der Waals surface area contributed by atoms with E-state index in [1.807, 2.05) is 36.4 Å². The van der Waals surface area contributed by atoms with E-state index in [0.29, 0.717) is 26.2 Å². The quantitative estimate of drug-likeness (QED) is 0.643. The molecule has 5 nitrogen and oxygen atoms in total. The lowest BCUT2D eigenvalue weighted by Crippen LogP contribution is -2.24. The number of hydrogen-bond donors (Lipinski definition) is 1. The van der Waals surface area contributed by atoms with Crippen LogP contribution in [-0.2, 0) is 16.6 Å². The summed E-state index contributed by atoms with van der Waals surface area (Å²) in [5.41, 5.74) is 3.54. The standard InChI is InChI=1S/C24H30N2O3/c1-18-5-10-22(21(17-18)24(2,3)4)29-16-15-28-20-8-6-19(7-9-20)12-14-26-23(27)11-13-25/h5-10,17H,11-12,14-16H2,1-4H3,(H,26,27). The highest BCUT2D eigenvalue weighted by molar-refractivity contribution is 5.77. The fourth-order valence-electron chi connectivity index (χ4n) is 2.90. The Balaban J connectivity index is 1.77. The maximum Gasteiger partial charge on any atom is 0.234 e. The van der Waals surface area contributed by atoms with Gasteiger partial charge in [0.1, 0.15) is 31.1 Å². The molecule has 0 spiro atoms. The van der Waals surface area contributed by atoms with E-state index in [-0.39, 0.29) is 17.7 Å². The number of hydrogen-bond acceptors (Lipinski definition) is 4. The van der Waals surface area contributed by atoms with E-state index in [1.165, 1.54) is 11.1 Å². The molecule has 0 aliphatic rings. The monoisotopic (exact) mass is 394 g/mol. The first-order valence-electron chi connectivity index (χ1n) is 9.89. The lowest BCUT2D eigenvalue weighted by Gasteiger charge is -2.23. The minimum atomic E-state index is -0.240. The summed E-state index contributed by atoms with van der Waals surface area (Å²) in [5.74, 6) is 1.45. The number of benzene rings is 2. The van der Waals surface area contributed by atoms with Gasteiger partial charge in [-0.05, 0) is 48.1 Å². The predicted octanol–water partition coefficient (Wildman–Crippen LogP) is 4.32. The summed E-state index contributed by atoms with van der Waals surface area (Å²) in [7, 11) is 0. The molecule has 0 bridgehead atoms. The number of nitriles is 1. The van der Waals surface area contributed by atoms with Crippen LogP contribution in [0.2, 0.25) is 0 Å². The van der Waals surface area contributed by atoms with Crippen molar-refractivity contribution < 1.29 is 14.3 Å². The topological polar surface area (TPSA) is 71.3 Å². The van der Waals surface area contributed by atoms with Crippen molar-refractivity contribution in [3.05, 3.63) is 59.2 Å². The molecule has 1 N–H and O–H groups in total. The van der Waals surface area contributed by atoms with Crippen LogP contribution in [-0.4, -0.2) is 25.7 Å². The molecule has 154 valence electrons. The van der Waals surface area contributed by atoms with Gasteiger partial charge in [0.15, 0.2) is 0 Å². The first-order valence-corrected chi connectivity index (χ1v) is 9.89. The lowest BCUT2D eigenvalue weighted by molar-refractivity contribution is -0.120. The molecule has 0 saturated heterocycles. The third-order valence-electron chi connectivity index (χ3n) is 4.45. The van der Waals surface area contributed by atoms with Crippen molar-refractivity contribution in [2.45, 2.75) is 46.0 Å². The zero-order chi connectivity index (χ0) is 21.3. The third-order valence-corrected chi connectivity index (χ3v) is 4.45. The molecule has 2 aromatic rings. The van der Waals surface area contributed by atoms with Gasteiger partial charge in [0, 0.05) is 6.54 Å². The predicted molar refractivity (Wildman–Crippen MR) is 114 cm³/mol. The smallest absolute Gasteiger partial charge is 0.234 e. The average Bonchev–Trinajstić information content (AvgIpc) is 2.67. The number of nitrogens with zero attached hydrogens (tertiary/aromatic N) is 1. The first-order chi connectivity index (χ1) is 13.8. The highest BCUT2D eigenvalue weighted by atomic mass is 16.5. The number of ether oxygens (including phenoxy) is 2. The molecule has 0 atom stereocenters. The molecular weight excluding hydrogens is 364 g/mol. The molecule has 2 aromatic carbocycles. The van der Waals surface area contributed by atoms with Gasteiger partial charge in [0.25, 0.3) is 0 Å². The van der Waals surface area contributed by atoms with Crippen LogP contribution in [0.25, 0.3) is 0 Å². The van der Waals surface area contributed by atoms with E-state index < -0.39 is 0 Å². The van der Waals surface area contributed by atoms with Crippen LogP contribution >= 0.6 is 0 Å². The van der Waals surface area contributed by atoms with E-state index in [4.69, 9.17) is 14.7 Å². The molecule has 2 rings (SSSR count). The van der Waals surface area contributed by atoms with E-state index in [1.54, 1.807) is 0 Å². The third kappa shape index (κ3) is 7.50. The zero-order valence-electron chi connectivity index (χ0n) is 17.7. The lowest BCUT2D eigenvalue weighted by atomic mass is 9.85. The van der Waals surface area contributed by atoms with Crippen LogP contribution in [0.4, 0.5) is 0 Å². The Hall–Kier alpha value is -3.00. The molecule has 0 aromatic heterocycles. The minimum absolute atomic E-state index is 0.0200. The van der Waals surface area contributed by atoms with Gasteiger partial charge in [-0.2, -0.15) is 5.26 Å². The summed E-state index contributed by atoms with van der Waals surface area (Å²) in [6.07, 6.45) is 0.609. The summed E-state index contributed by atoms with van der Waals surface area (Å²) in [6.45, 7) is 10.1. The largest absolute Gasteiger partial charge is 0.490 e. The van der Waals surface area contributed by atoms with E-state index >= 15 is 0 Å². The fraction of sp³-hybridized carbons (Fsp3) is 0.417. The Morgan fingerprint density at radius 3 is 2.41 bits per heavy atom. The van der Waals surface area contributed by atoms with Crippen molar-refractivity contribution in [2.24, 2.45) is 0 Å². The van der Waals surface area contributed by atoms with Crippen LogP contribution in [0.15, 0.2) is 42.5 Å². The second-order valence-electron chi connectivity index (χ2n) is 8.03. The summed E-state index contributed by atoms with van der Waals surface area (Å²) < 4.78 is 11.7. The maximum absolute atomic E-state index is 11.3. The highest BCUT2D eigenvalue weighted by Gasteiger charge is 2.19. The van der Waals surface area contributed by atoms with Gasteiger partial charge < -0.3 is 14.8 Å². The van der Waals surface area contributed by atoms with Crippen LogP contribution < -0.4 is 14.8 Å². The Labute approximate surface area is 173 Å². The SMILES string of the molecule is Cc1ccc(OCCOc2ccc(CCNC(=O)CC#N)cc2)c(C(C)(C)C)c1. The van der Waals surface area contributed by atoms with Crippen LogP contribution in [0.3, 0.4) is 0 Å². The van der Waals surface area contributed by atoms with Crippen molar-refractivity contribution in [3.8, 4) is 17.6 Å². The molecular formula is C24H30N2O3. The molecule has 0 unspecified atom stereocenters. The van der Waals surface area contributed by atoms with E-state index in [2.05, 4.69) is 45.1 Å². The Morgan fingerprint density at radius 2 is 1.76 bits per heavy atom. The number of nitrogens with one attached hydrogen (secondary N) is 1.